The maximum Gasteiger partial charge on any atom is 0.336 e. The quantitative estimate of drug-likeness (QED) is 0.788. The number of carboxylic acids is 1. The fourth-order valence-corrected chi connectivity index (χ4v) is 2.59. The number of fused-ring (bicyclic) bond motifs is 1. The SMILES string of the molecule is O=C(O)c1cccc2c1ccn2Cc1cc(Cl)ccc1F. The highest BCUT2D eigenvalue weighted by atomic mass is 35.5. The van der Waals surface area contributed by atoms with E-state index in [0.717, 1.165) is 5.52 Å². The van der Waals surface area contributed by atoms with Crippen molar-refractivity contribution in [2.75, 3.05) is 0 Å². The van der Waals surface area contributed by atoms with Crippen LogP contribution in [0.4, 0.5) is 4.39 Å². The van der Waals surface area contributed by atoms with E-state index in [1.54, 1.807) is 35.0 Å². The molecule has 0 aliphatic carbocycles. The molecular formula is C16H11ClFNO2. The molecule has 0 atom stereocenters. The van der Waals surface area contributed by atoms with Crippen molar-refractivity contribution in [2.24, 2.45) is 0 Å². The largest absolute Gasteiger partial charge is 0.478 e. The minimum atomic E-state index is -0.979. The van der Waals surface area contributed by atoms with Crippen LogP contribution in [0.1, 0.15) is 15.9 Å². The third-order valence-electron chi connectivity index (χ3n) is 3.39. The molecule has 0 spiro atoms. The van der Waals surface area contributed by atoms with Gasteiger partial charge in [0.1, 0.15) is 5.82 Å². The molecule has 3 rings (SSSR count). The molecule has 0 radical (unpaired) electrons. The van der Waals surface area contributed by atoms with Gasteiger partial charge in [0.05, 0.1) is 12.1 Å². The predicted octanol–water partition coefficient (Wildman–Crippen LogP) is 4.18. The van der Waals surface area contributed by atoms with Crippen molar-refractivity contribution in [1.29, 1.82) is 0 Å². The van der Waals surface area contributed by atoms with Crippen molar-refractivity contribution < 1.29 is 14.3 Å². The summed E-state index contributed by atoms with van der Waals surface area (Å²) in [5.41, 5.74) is 1.44. The molecule has 0 unspecified atom stereocenters. The van der Waals surface area contributed by atoms with Gasteiger partial charge in [-0.3, -0.25) is 0 Å². The minimum Gasteiger partial charge on any atom is -0.478 e. The average molecular weight is 304 g/mol. The van der Waals surface area contributed by atoms with Crippen LogP contribution < -0.4 is 0 Å². The van der Waals surface area contributed by atoms with Gasteiger partial charge in [-0.05, 0) is 36.4 Å². The van der Waals surface area contributed by atoms with Crippen molar-refractivity contribution in [2.45, 2.75) is 6.54 Å². The predicted molar refractivity (Wildman–Crippen MR) is 79.4 cm³/mol. The van der Waals surface area contributed by atoms with E-state index in [2.05, 4.69) is 0 Å². The lowest BCUT2D eigenvalue weighted by Gasteiger charge is -2.08. The van der Waals surface area contributed by atoms with Gasteiger partial charge < -0.3 is 9.67 Å². The van der Waals surface area contributed by atoms with Crippen molar-refractivity contribution >= 4 is 28.5 Å². The number of rotatable bonds is 3. The summed E-state index contributed by atoms with van der Waals surface area (Å²) in [5, 5.41) is 10.3. The maximum absolute atomic E-state index is 13.8. The number of hydrogen-bond acceptors (Lipinski definition) is 1. The molecule has 1 aromatic heterocycles. The van der Waals surface area contributed by atoms with E-state index in [1.807, 2.05) is 6.07 Å². The van der Waals surface area contributed by atoms with Crippen LogP contribution in [-0.2, 0) is 6.54 Å². The Labute approximate surface area is 125 Å². The standard InChI is InChI=1S/C16H11ClFNO2/c17-11-4-5-14(18)10(8-11)9-19-7-6-12-13(16(20)21)2-1-3-15(12)19/h1-8H,9H2,(H,20,21). The van der Waals surface area contributed by atoms with Gasteiger partial charge in [0, 0.05) is 27.7 Å². The highest BCUT2D eigenvalue weighted by molar-refractivity contribution is 6.30. The second-order valence-corrected chi connectivity index (χ2v) is 5.16. The topological polar surface area (TPSA) is 42.2 Å². The van der Waals surface area contributed by atoms with Gasteiger partial charge in [-0.15, -0.1) is 0 Å². The molecule has 0 saturated heterocycles. The Kier molecular flexibility index (Phi) is 3.39. The first-order chi connectivity index (χ1) is 10.1. The molecule has 0 aliphatic heterocycles. The summed E-state index contributed by atoms with van der Waals surface area (Å²) in [5.74, 6) is -1.32. The second-order valence-electron chi connectivity index (χ2n) is 4.72. The number of carbonyl (C=O) groups is 1. The second kappa shape index (κ2) is 5.22. The van der Waals surface area contributed by atoms with Crippen molar-refractivity contribution in [3.05, 3.63) is 70.6 Å². The van der Waals surface area contributed by atoms with Crippen LogP contribution in [0.3, 0.4) is 0 Å². The van der Waals surface area contributed by atoms with Gasteiger partial charge in [0.25, 0.3) is 0 Å². The summed E-state index contributed by atoms with van der Waals surface area (Å²) in [6.07, 6.45) is 1.75. The molecule has 1 N–H and O–H groups in total. The third kappa shape index (κ3) is 2.50. The number of aromatic carboxylic acids is 1. The number of halogens is 2. The van der Waals surface area contributed by atoms with Crippen LogP contribution in [0, 0.1) is 5.82 Å². The van der Waals surface area contributed by atoms with E-state index in [4.69, 9.17) is 11.6 Å². The van der Waals surface area contributed by atoms with Crippen LogP contribution in [0.5, 0.6) is 0 Å². The summed E-state index contributed by atoms with van der Waals surface area (Å²) < 4.78 is 15.6. The Morgan fingerprint density at radius 2 is 2.05 bits per heavy atom. The number of benzene rings is 2. The molecule has 0 amide bonds. The lowest BCUT2D eigenvalue weighted by atomic mass is 10.1. The van der Waals surface area contributed by atoms with Crippen molar-refractivity contribution in [1.82, 2.24) is 4.57 Å². The monoisotopic (exact) mass is 303 g/mol. The van der Waals surface area contributed by atoms with E-state index < -0.39 is 5.97 Å². The summed E-state index contributed by atoms with van der Waals surface area (Å²) in [6.45, 7) is 0.291. The zero-order valence-electron chi connectivity index (χ0n) is 10.9. The van der Waals surface area contributed by atoms with Gasteiger partial charge in [-0.2, -0.15) is 0 Å². The Balaban J connectivity index is 2.08. The third-order valence-corrected chi connectivity index (χ3v) is 3.63. The molecule has 3 aromatic rings. The summed E-state index contributed by atoms with van der Waals surface area (Å²) in [6, 6.07) is 11.2. The van der Waals surface area contributed by atoms with Gasteiger partial charge in [-0.1, -0.05) is 17.7 Å². The van der Waals surface area contributed by atoms with Crippen LogP contribution in [0.2, 0.25) is 5.02 Å². The first kappa shape index (κ1) is 13.6. The van der Waals surface area contributed by atoms with Crippen LogP contribution in [0.25, 0.3) is 10.9 Å². The van der Waals surface area contributed by atoms with Crippen molar-refractivity contribution in [3.63, 3.8) is 0 Å². The van der Waals surface area contributed by atoms with Gasteiger partial charge in [-0.25, -0.2) is 9.18 Å². The number of aromatic nitrogens is 1. The average Bonchev–Trinajstić information content (AvgIpc) is 2.86. The van der Waals surface area contributed by atoms with Crippen LogP contribution in [-0.4, -0.2) is 15.6 Å². The highest BCUT2D eigenvalue weighted by Crippen LogP contribution is 2.23. The van der Waals surface area contributed by atoms with Gasteiger partial charge >= 0.3 is 5.97 Å². The molecule has 21 heavy (non-hydrogen) atoms. The van der Waals surface area contributed by atoms with Crippen molar-refractivity contribution in [3.8, 4) is 0 Å². The minimum absolute atomic E-state index is 0.234. The number of nitrogens with zero attached hydrogens (tertiary/aromatic N) is 1. The smallest absolute Gasteiger partial charge is 0.336 e. The van der Waals surface area contributed by atoms with E-state index in [0.29, 0.717) is 22.5 Å². The van der Waals surface area contributed by atoms with E-state index in [9.17, 15) is 14.3 Å². The lowest BCUT2D eigenvalue weighted by molar-refractivity contribution is 0.0699. The molecule has 0 fully saturated rings. The molecule has 0 aliphatic rings. The molecular weight excluding hydrogens is 293 g/mol. The maximum atomic E-state index is 13.8. The Bertz CT molecular complexity index is 841. The zero-order valence-corrected chi connectivity index (χ0v) is 11.6. The molecule has 2 aromatic carbocycles. The Morgan fingerprint density at radius 3 is 2.81 bits per heavy atom. The molecule has 0 bridgehead atoms. The normalized spacial score (nSPS) is 11.0. The van der Waals surface area contributed by atoms with E-state index in [1.165, 1.54) is 12.1 Å². The highest BCUT2D eigenvalue weighted by Gasteiger charge is 2.12. The zero-order chi connectivity index (χ0) is 15.0. The first-order valence-corrected chi connectivity index (χ1v) is 6.69. The van der Waals surface area contributed by atoms with Crippen LogP contribution >= 0.6 is 11.6 Å². The Hall–Kier alpha value is -2.33. The number of hydrogen-bond donors (Lipinski definition) is 1. The first-order valence-electron chi connectivity index (χ1n) is 6.31. The summed E-state index contributed by atoms with van der Waals surface area (Å²) >= 11 is 5.89. The molecule has 3 nitrogen and oxygen atoms in total. The molecule has 106 valence electrons. The Morgan fingerprint density at radius 1 is 1.24 bits per heavy atom. The molecule has 1 heterocycles. The van der Waals surface area contributed by atoms with E-state index >= 15 is 0 Å². The summed E-state index contributed by atoms with van der Waals surface area (Å²) in [4.78, 5) is 11.2. The van der Waals surface area contributed by atoms with E-state index in [-0.39, 0.29) is 11.4 Å². The van der Waals surface area contributed by atoms with Gasteiger partial charge in [0.15, 0.2) is 0 Å². The fraction of sp³-hybridized carbons (Fsp3) is 0.0625. The summed E-state index contributed by atoms with van der Waals surface area (Å²) in [7, 11) is 0. The van der Waals surface area contributed by atoms with Crippen LogP contribution in [0.15, 0.2) is 48.7 Å². The molecule has 5 heteroatoms. The lowest BCUT2D eigenvalue weighted by Crippen LogP contribution is -2.01. The fourth-order valence-electron chi connectivity index (χ4n) is 2.40. The number of carboxylic acid groups (broad SMARTS) is 1. The van der Waals surface area contributed by atoms with Gasteiger partial charge in [0.2, 0.25) is 0 Å². The molecule has 0 saturated carbocycles.